The Morgan fingerprint density at radius 3 is 2.52 bits per heavy atom. The number of alkyl halides is 4. The van der Waals surface area contributed by atoms with Crippen molar-refractivity contribution in [3.05, 3.63) is 29.0 Å². The van der Waals surface area contributed by atoms with Gasteiger partial charge in [-0.25, -0.2) is 22.5 Å². The van der Waals surface area contributed by atoms with Crippen LogP contribution < -0.4 is 0 Å². The summed E-state index contributed by atoms with van der Waals surface area (Å²) in [5.41, 5.74) is -0.168. The summed E-state index contributed by atoms with van der Waals surface area (Å²) in [7, 11) is 0. The molecule has 2 atom stereocenters. The largest absolute Gasteiger partial charge is 0.385 e. The number of hydrogen-bond donors (Lipinski definition) is 1. The summed E-state index contributed by atoms with van der Waals surface area (Å²) in [4.78, 5) is 16.9. The first-order valence-electron chi connectivity index (χ1n) is 6.98. The van der Waals surface area contributed by atoms with Gasteiger partial charge in [-0.15, -0.1) is 0 Å². The Labute approximate surface area is 134 Å². The molecule has 9 heteroatoms. The topological polar surface area (TPSA) is 53.4 Å². The van der Waals surface area contributed by atoms with Crippen molar-refractivity contribution in [3.63, 3.8) is 0 Å². The van der Waals surface area contributed by atoms with Crippen LogP contribution in [0.5, 0.6) is 0 Å². The van der Waals surface area contributed by atoms with Gasteiger partial charge in [0.25, 0.3) is 11.8 Å². The predicted molar refractivity (Wildman–Crippen MR) is 72.7 cm³/mol. The lowest BCUT2D eigenvalue weighted by Crippen LogP contribution is -2.53. The van der Waals surface area contributed by atoms with Crippen LogP contribution in [0.2, 0.25) is 5.15 Å². The lowest BCUT2D eigenvalue weighted by molar-refractivity contribution is -0.146. The van der Waals surface area contributed by atoms with Crippen LogP contribution in [-0.2, 0) is 0 Å². The van der Waals surface area contributed by atoms with Crippen LogP contribution in [0, 0.1) is 5.92 Å². The molecule has 0 bridgehead atoms. The van der Waals surface area contributed by atoms with Crippen LogP contribution in [0.1, 0.15) is 23.3 Å². The second-order valence-corrected chi connectivity index (χ2v) is 6.39. The molecule has 1 amide bonds. The molecule has 126 valence electrons. The molecule has 1 aromatic rings. The maximum absolute atomic E-state index is 13.8. The number of aliphatic hydroxyl groups excluding tert-OH is 1. The number of hydrogen-bond acceptors (Lipinski definition) is 3. The zero-order valence-corrected chi connectivity index (χ0v) is 12.5. The monoisotopic (exact) mass is 352 g/mol. The Balaban J connectivity index is 1.88. The van der Waals surface area contributed by atoms with Gasteiger partial charge in [0.15, 0.2) is 0 Å². The van der Waals surface area contributed by atoms with Gasteiger partial charge in [0, 0.05) is 12.8 Å². The number of carbonyl (C=O) groups excluding carboxylic acids is 1. The van der Waals surface area contributed by atoms with Gasteiger partial charge in [0.05, 0.1) is 12.6 Å². The zero-order valence-electron chi connectivity index (χ0n) is 11.7. The molecule has 1 N–H and O–H groups in total. The number of pyridine rings is 1. The van der Waals surface area contributed by atoms with Gasteiger partial charge in [-0.2, -0.15) is 0 Å². The van der Waals surface area contributed by atoms with Gasteiger partial charge in [0.1, 0.15) is 17.0 Å². The van der Waals surface area contributed by atoms with Gasteiger partial charge in [0.2, 0.25) is 5.92 Å². The van der Waals surface area contributed by atoms with Crippen molar-refractivity contribution >= 4 is 17.5 Å². The van der Waals surface area contributed by atoms with E-state index >= 15 is 0 Å². The van der Waals surface area contributed by atoms with Crippen LogP contribution in [-0.4, -0.2) is 51.4 Å². The highest BCUT2D eigenvalue weighted by atomic mass is 35.5. The molecule has 0 spiro atoms. The molecule has 23 heavy (non-hydrogen) atoms. The first-order valence-corrected chi connectivity index (χ1v) is 7.36. The average molecular weight is 353 g/mol. The molecule has 1 saturated carbocycles. The lowest BCUT2D eigenvalue weighted by Gasteiger charge is -2.42. The minimum atomic E-state index is -3.55. The highest BCUT2D eigenvalue weighted by Gasteiger charge is 2.62. The van der Waals surface area contributed by atoms with Crippen LogP contribution in [0.3, 0.4) is 0 Å². The second-order valence-electron chi connectivity index (χ2n) is 6.00. The quantitative estimate of drug-likeness (QED) is 0.657. The van der Waals surface area contributed by atoms with Crippen LogP contribution in [0.4, 0.5) is 17.6 Å². The normalized spacial score (nSPS) is 29.4. The SMILES string of the molecule is O=C(c1cccc(Cl)n1)N1CC(F)(F)C(O)C1C1CC(F)(F)C1. The van der Waals surface area contributed by atoms with E-state index in [1.165, 1.54) is 18.2 Å². The summed E-state index contributed by atoms with van der Waals surface area (Å²) in [5.74, 6) is -8.23. The summed E-state index contributed by atoms with van der Waals surface area (Å²) in [6.07, 6.45) is -3.43. The molecule has 1 aliphatic carbocycles. The Hall–Kier alpha value is -1.41. The number of aliphatic hydroxyl groups is 1. The number of rotatable bonds is 2. The maximum atomic E-state index is 13.8. The molecule has 0 radical (unpaired) electrons. The minimum Gasteiger partial charge on any atom is -0.385 e. The Morgan fingerprint density at radius 2 is 1.96 bits per heavy atom. The number of halogens is 5. The first-order chi connectivity index (χ1) is 10.6. The molecule has 2 fully saturated rings. The van der Waals surface area contributed by atoms with Gasteiger partial charge in [-0.3, -0.25) is 4.79 Å². The summed E-state index contributed by atoms with van der Waals surface area (Å²) in [6.45, 7) is -1.03. The fourth-order valence-corrected chi connectivity index (χ4v) is 3.35. The molecule has 0 aromatic carbocycles. The summed E-state index contributed by atoms with van der Waals surface area (Å²) in [5, 5.41) is 9.82. The van der Waals surface area contributed by atoms with Crippen LogP contribution >= 0.6 is 11.6 Å². The summed E-state index contributed by atoms with van der Waals surface area (Å²) < 4.78 is 53.8. The molecule has 1 saturated heterocycles. The number of amides is 1. The third-order valence-corrected chi connectivity index (χ3v) is 4.51. The van der Waals surface area contributed by atoms with E-state index in [1.807, 2.05) is 0 Å². The molecule has 2 unspecified atom stereocenters. The van der Waals surface area contributed by atoms with Crippen molar-refractivity contribution in [2.45, 2.75) is 36.8 Å². The highest BCUT2D eigenvalue weighted by molar-refractivity contribution is 6.29. The van der Waals surface area contributed by atoms with E-state index in [9.17, 15) is 27.5 Å². The third kappa shape index (κ3) is 2.89. The van der Waals surface area contributed by atoms with Gasteiger partial charge in [-0.1, -0.05) is 17.7 Å². The van der Waals surface area contributed by atoms with Crippen molar-refractivity contribution < 1.29 is 27.5 Å². The third-order valence-electron chi connectivity index (χ3n) is 4.30. The number of likely N-dealkylation sites (tertiary alicyclic amines) is 1. The van der Waals surface area contributed by atoms with E-state index in [2.05, 4.69) is 4.98 Å². The Kier molecular flexibility index (Phi) is 3.79. The Morgan fingerprint density at radius 1 is 1.30 bits per heavy atom. The van der Waals surface area contributed by atoms with E-state index in [0.29, 0.717) is 0 Å². The number of aromatic nitrogens is 1. The average Bonchev–Trinajstić information content (AvgIpc) is 2.66. The molecule has 1 aliphatic heterocycles. The fourth-order valence-electron chi connectivity index (χ4n) is 3.19. The smallest absolute Gasteiger partial charge is 0.292 e. The first kappa shape index (κ1) is 16.4. The molecular formula is C14H13ClF4N2O2. The van der Waals surface area contributed by atoms with E-state index in [1.54, 1.807) is 0 Å². The second kappa shape index (κ2) is 5.31. The van der Waals surface area contributed by atoms with E-state index in [0.717, 1.165) is 4.90 Å². The van der Waals surface area contributed by atoms with Crippen LogP contribution in [0.15, 0.2) is 18.2 Å². The minimum absolute atomic E-state index is 0.00841. The van der Waals surface area contributed by atoms with Crippen molar-refractivity contribution in [1.29, 1.82) is 0 Å². The van der Waals surface area contributed by atoms with Gasteiger partial charge >= 0.3 is 0 Å². The molecular weight excluding hydrogens is 340 g/mol. The summed E-state index contributed by atoms with van der Waals surface area (Å²) in [6, 6.07) is 2.77. The lowest BCUT2D eigenvalue weighted by atomic mass is 9.74. The standard InChI is InChI=1S/C14H13ClF4N2O2/c15-9-3-1-2-8(20-9)12(23)21-6-14(18,19)11(22)10(21)7-4-13(16,17)5-7/h1-3,7,10-11,22H,4-6H2. The van der Waals surface area contributed by atoms with Crippen molar-refractivity contribution in [2.75, 3.05) is 6.54 Å². The van der Waals surface area contributed by atoms with Gasteiger partial charge < -0.3 is 10.0 Å². The summed E-state index contributed by atoms with van der Waals surface area (Å²) >= 11 is 5.68. The van der Waals surface area contributed by atoms with Crippen LogP contribution in [0.25, 0.3) is 0 Å². The zero-order chi connectivity index (χ0) is 17.0. The fraction of sp³-hybridized carbons (Fsp3) is 0.571. The Bertz CT molecular complexity index is 635. The van der Waals surface area contributed by atoms with Crippen molar-refractivity contribution in [2.24, 2.45) is 5.92 Å². The highest BCUT2D eigenvalue weighted by Crippen LogP contribution is 2.49. The molecule has 3 rings (SSSR count). The molecule has 2 aliphatic rings. The van der Waals surface area contributed by atoms with Gasteiger partial charge in [-0.05, 0) is 18.1 Å². The number of nitrogens with zero attached hydrogens (tertiary/aromatic N) is 2. The van der Waals surface area contributed by atoms with Crippen molar-refractivity contribution in [1.82, 2.24) is 9.88 Å². The molecule has 2 heterocycles. The maximum Gasteiger partial charge on any atom is 0.292 e. The molecule has 4 nitrogen and oxygen atoms in total. The predicted octanol–water partition coefficient (Wildman–Crippen LogP) is 2.60. The van der Waals surface area contributed by atoms with E-state index in [-0.39, 0.29) is 10.8 Å². The molecule has 1 aromatic heterocycles. The van der Waals surface area contributed by atoms with Crippen molar-refractivity contribution in [3.8, 4) is 0 Å². The van der Waals surface area contributed by atoms with E-state index < -0.39 is 55.2 Å². The number of carbonyl (C=O) groups is 1. The van der Waals surface area contributed by atoms with E-state index in [4.69, 9.17) is 11.6 Å².